The number of quaternary nitrogens is 1. The molecule has 29 heavy (non-hydrogen) atoms. The average molecular weight is 404 g/mol. The molecule has 2 aromatic rings. The molecule has 8 heteroatoms. The van der Waals surface area contributed by atoms with Crippen LogP contribution in [0.3, 0.4) is 0 Å². The highest BCUT2D eigenvalue weighted by Crippen LogP contribution is 2.46. The van der Waals surface area contributed by atoms with E-state index in [2.05, 4.69) is 0 Å². The minimum absolute atomic E-state index is 0.146. The smallest absolute Gasteiger partial charge is 0.231 e. The maximum absolute atomic E-state index is 10.9. The lowest BCUT2D eigenvalue weighted by molar-refractivity contribution is -0.933. The molecule has 8 nitrogen and oxygen atoms in total. The summed E-state index contributed by atoms with van der Waals surface area (Å²) in [7, 11) is 4.77. The molecule has 2 N–H and O–H groups in total. The molecule has 2 heterocycles. The van der Waals surface area contributed by atoms with Crippen molar-refractivity contribution < 1.29 is 38.4 Å². The Balaban J connectivity index is 1.89. The van der Waals surface area contributed by atoms with Gasteiger partial charge >= 0.3 is 0 Å². The van der Waals surface area contributed by atoms with Crippen LogP contribution >= 0.6 is 0 Å². The quantitative estimate of drug-likeness (QED) is 0.748. The van der Waals surface area contributed by atoms with E-state index in [9.17, 15) is 5.11 Å². The van der Waals surface area contributed by atoms with E-state index in [0.29, 0.717) is 42.0 Å². The minimum atomic E-state index is -0.219. The minimum Gasteiger partial charge on any atom is -0.507 e. The Bertz CT molecular complexity index is 880. The number of nitrogens with one attached hydrogen (secondary N) is 1. The summed E-state index contributed by atoms with van der Waals surface area (Å²) in [5.41, 5.74) is 1.62. The molecule has 0 bridgehead atoms. The van der Waals surface area contributed by atoms with Crippen molar-refractivity contribution in [3.63, 3.8) is 0 Å². The van der Waals surface area contributed by atoms with Crippen LogP contribution in [0.1, 0.15) is 17.2 Å². The summed E-state index contributed by atoms with van der Waals surface area (Å²) in [4.78, 5) is 1.25. The van der Waals surface area contributed by atoms with Crippen molar-refractivity contribution in [2.24, 2.45) is 0 Å². The van der Waals surface area contributed by atoms with Crippen LogP contribution in [0, 0.1) is 0 Å². The third-order valence-electron chi connectivity index (χ3n) is 5.42. The zero-order valence-corrected chi connectivity index (χ0v) is 16.8. The zero-order chi connectivity index (χ0) is 20.4. The fraction of sp³-hybridized carbons (Fsp3) is 0.429. The summed E-state index contributed by atoms with van der Waals surface area (Å²) in [6.45, 7) is 3.01. The molecule has 4 rings (SSSR count). The predicted molar refractivity (Wildman–Crippen MR) is 104 cm³/mol. The first-order valence-corrected chi connectivity index (χ1v) is 9.51. The van der Waals surface area contributed by atoms with Crippen molar-refractivity contribution in [2.45, 2.75) is 6.04 Å². The van der Waals surface area contributed by atoms with Crippen LogP contribution in [0.2, 0.25) is 0 Å². The molecular formula is C21H26NO7+. The average Bonchev–Trinajstić information content (AvgIpc) is 3.21. The highest BCUT2D eigenvalue weighted by Gasteiger charge is 2.36. The topological polar surface area (TPSA) is 80.1 Å². The van der Waals surface area contributed by atoms with Gasteiger partial charge in [-0.2, -0.15) is 0 Å². The van der Waals surface area contributed by atoms with Crippen LogP contribution in [0.5, 0.6) is 34.5 Å². The Labute approximate surface area is 169 Å². The molecule has 0 amide bonds. The van der Waals surface area contributed by atoms with Gasteiger partial charge in [0, 0.05) is 6.07 Å². The van der Waals surface area contributed by atoms with Crippen LogP contribution in [-0.4, -0.2) is 59.5 Å². The van der Waals surface area contributed by atoms with Gasteiger partial charge < -0.3 is 38.4 Å². The molecular weight excluding hydrogens is 378 g/mol. The molecule has 0 aromatic heterocycles. The molecule has 0 aliphatic carbocycles. The van der Waals surface area contributed by atoms with Crippen LogP contribution in [0.25, 0.3) is 0 Å². The summed E-state index contributed by atoms with van der Waals surface area (Å²) < 4.78 is 33.3. The monoisotopic (exact) mass is 404 g/mol. The van der Waals surface area contributed by atoms with Gasteiger partial charge in [0.2, 0.25) is 12.5 Å². The summed E-state index contributed by atoms with van der Waals surface area (Å²) >= 11 is 0. The van der Waals surface area contributed by atoms with E-state index in [1.807, 2.05) is 18.2 Å². The Hall–Kier alpha value is -2.84. The van der Waals surface area contributed by atoms with Crippen LogP contribution in [-0.2, 0) is 4.74 Å². The molecule has 156 valence electrons. The summed E-state index contributed by atoms with van der Waals surface area (Å²) in [6, 6.07) is 7.05. The van der Waals surface area contributed by atoms with Gasteiger partial charge in [0.15, 0.2) is 23.0 Å². The van der Waals surface area contributed by atoms with Gasteiger partial charge in [0.1, 0.15) is 24.9 Å². The molecule has 2 aliphatic rings. The molecule has 2 aliphatic heterocycles. The number of hydrogen-bond donors (Lipinski definition) is 2. The van der Waals surface area contributed by atoms with Crippen molar-refractivity contribution in [2.75, 3.05) is 54.4 Å². The lowest BCUT2D eigenvalue weighted by atomic mass is 9.94. The normalized spacial score (nSPS) is 17.1. The first kappa shape index (κ1) is 19.5. The second-order valence-corrected chi connectivity index (χ2v) is 6.89. The summed E-state index contributed by atoms with van der Waals surface area (Å²) in [5.74, 6) is 2.99. The largest absolute Gasteiger partial charge is 0.507 e. The highest BCUT2D eigenvalue weighted by atomic mass is 16.7. The standard InChI is InChI=1S/C21H25NO7/c1-24-16-5-4-13(20(25-2)21(16)26-3)19(22-6-8-27-9-7-22)14-10-17-18(11-15(14)23)29-12-28-17/h4-5,10-11,19,23H,6-9,12H2,1-3H3/p+1/t19-/m0/s1. The van der Waals surface area contributed by atoms with Crippen molar-refractivity contribution >= 4 is 0 Å². The molecule has 0 spiro atoms. The van der Waals surface area contributed by atoms with Gasteiger partial charge in [0.25, 0.3) is 0 Å². The van der Waals surface area contributed by atoms with E-state index in [4.69, 9.17) is 28.4 Å². The van der Waals surface area contributed by atoms with Crippen LogP contribution < -0.4 is 28.6 Å². The van der Waals surface area contributed by atoms with Crippen molar-refractivity contribution in [3.8, 4) is 34.5 Å². The number of ether oxygens (including phenoxy) is 6. The van der Waals surface area contributed by atoms with Gasteiger partial charge in [-0.15, -0.1) is 0 Å². The number of fused-ring (bicyclic) bond motifs is 1. The lowest BCUT2D eigenvalue weighted by Crippen LogP contribution is -3.14. The molecule has 1 fully saturated rings. The van der Waals surface area contributed by atoms with Crippen LogP contribution in [0.4, 0.5) is 0 Å². The second kappa shape index (κ2) is 8.26. The number of benzene rings is 2. The summed E-state index contributed by atoms with van der Waals surface area (Å²) in [5, 5.41) is 10.9. The van der Waals surface area contributed by atoms with E-state index in [1.165, 1.54) is 4.90 Å². The van der Waals surface area contributed by atoms with Gasteiger partial charge in [0.05, 0.1) is 45.7 Å². The molecule has 0 radical (unpaired) electrons. The third kappa shape index (κ3) is 3.49. The first-order valence-electron chi connectivity index (χ1n) is 9.51. The fourth-order valence-electron chi connectivity index (χ4n) is 4.06. The molecule has 0 saturated carbocycles. The molecule has 2 aromatic carbocycles. The van der Waals surface area contributed by atoms with E-state index in [1.54, 1.807) is 27.4 Å². The lowest BCUT2D eigenvalue weighted by Gasteiger charge is -2.33. The van der Waals surface area contributed by atoms with E-state index in [-0.39, 0.29) is 18.6 Å². The maximum Gasteiger partial charge on any atom is 0.231 e. The number of morpholine rings is 1. The summed E-state index contributed by atoms with van der Waals surface area (Å²) in [6.07, 6.45) is 0. The fourth-order valence-corrected chi connectivity index (χ4v) is 4.06. The predicted octanol–water partition coefficient (Wildman–Crippen LogP) is 1.15. The number of phenols is 1. The van der Waals surface area contributed by atoms with Gasteiger partial charge in [-0.25, -0.2) is 0 Å². The van der Waals surface area contributed by atoms with Crippen molar-refractivity contribution in [1.82, 2.24) is 0 Å². The van der Waals surface area contributed by atoms with Gasteiger partial charge in [-0.3, -0.25) is 0 Å². The highest BCUT2D eigenvalue weighted by molar-refractivity contribution is 5.60. The molecule has 1 atom stereocenters. The maximum atomic E-state index is 10.9. The Morgan fingerprint density at radius 1 is 0.897 bits per heavy atom. The molecule has 0 unspecified atom stereocenters. The third-order valence-corrected chi connectivity index (χ3v) is 5.42. The Morgan fingerprint density at radius 3 is 2.24 bits per heavy atom. The Kier molecular flexibility index (Phi) is 5.55. The van der Waals surface area contributed by atoms with Crippen molar-refractivity contribution in [3.05, 3.63) is 35.4 Å². The van der Waals surface area contributed by atoms with E-state index in [0.717, 1.165) is 24.2 Å². The number of aromatic hydroxyl groups is 1. The van der Waals surface area contributed by atoms with Gasteiger partial charge in [-0.1, -0.05) is 0 Å². The van der Waals surface area contributed by atoms with Gasteiger partial charge in [-0.05, 0) is 18.2 Å². The molecule has 1 saturated heterocycles. The SMILES string of the molecule is COc1ccc([C@@H](c2cc3c(cc2O)OCO3)[NH+]2CCOCC2)c(OC)c1OC. The first-order chi connectivity index (χ1) is 14.2. The number of rotatable bonds is 6. The number of methoxy groups -OCH3 is 3. The van der Waals surface area contributed by atoms with Crippen molar-refractivity contribution in [1.29, 1.82) is 0 Å². The second-order valence-electron chi connectivity index (χ2n) is 6.89. The number of phenolic OH excluding ortho intramolecular Hbond substituents is 1. The van der Waals surface area contributed by atoms with Crippen LogP contribution in [0.15, 0.2) is 24.3 Å². The number of hydrogen-bond acceptors (Lipinski definition) is 7. The van der Waals surface area contributed by atoms with E-state index >= 15 is 0 Å². The zero-order valence-electron chi connectivity index (χ0n) is 16.8. The Morgan fingerprint density at radius 2 is 1.59 bits per heavy atom. The van der Waals surface area contributed by atoms with E-state index < -0.39 is 0 Å².